The number of halogens is 3. The predicted molar refractivity (Wildman–Crippen MR) is 108 cm³/mol. The molecule has 0 amide bonds. The van der Waals surface area contributed by atoms with Gasteiger partial charge in [0.05, 0.1) is 0 Å². The molecule has 2 aromatic carbocycles. The summed E-state index contributed by atoms with van der Waals surface area (Å²) in [4.78, 5) is 3.19. The number of hydrogen-bond donors (Lipinski definition) is 0. The second-order valence-electron chi connectivity index (χ2n) is 5.30. The lowest BCUT2D eigenvalue weighted by molar-refractivity contribution is 1.21. The molecule has 1 aliphatic heterocycles. The zero-order valence-electron chi connectivity index (χ0n) is 12.2. The summed E-state index contributed by atoms with van der Waals surface area (Å²) in [5.41, 5.74) is 5.36. The molecule has 0 spiro atoms. The van der Waals surface area contributed by atoms with E-state index in [-0.39, 0.29) is 9.65 Å². The second-order valence-corrected chi connectivity index (χ2v) is 10.0. The highest BCUT2D eigenvalue weighted by atomic mass is 79.9. The van der Waals surface area contributed by atoms with Gasteiger partial charge in [0.25, 0.3) is 0 Å². The summed E-state index contributed by atoms with van der Waals surface area (Å²) in [6.45, 7) is 4.41. The van der Waals surface area contributed by atoms with Gasteiger partial charge in [0.15, 0.2) is 0 Å². The van der Waals surface area contributed by atoms with Crippen LogP contribution in [-0.2, 0) is 0 Å². The number of benzene rings is 2. The summed E-state index contributed by atoms with van der Waals surface area (Å²) in [5.74, 6) is 0. The van der Waals surface area contributed by atoms with Crippen molar-refractivity contribution in [1.82, 2.24) is 0 Å². The summed E-state index contributed by atoms with van der Waals surface area (Å²) in [5, 5.41) is 0. The third kappa shape index (κ3) is 3.12. The monoisotopic (exact) mass is 500 g/mol. The molecule has 4 heteroatoms. The Bertz CT molecular complexity index is 748. The van der Waals surface area contributed by atoms with Gasteiger partial charge >= 0.3 is 0 Å². The average Bonchev–Trinajstić information content (AvgIpc) is 2.61. The molecule has 0 saturated carbocycles. The highest BCUT2D eigenvalue weighted by Crippen LogP contribution is 2.48. The Morgan fingerprint density at radius 2 is 1.41 bits per heavy atom. The second kappa shape index (κ2) is 6.84. The van der Waals surface area contributed by atoms with Crippen molar-refractivity contribution in [2.75, 3.05) is 0 Å². The SMILES string of the molecule is CC(Br)C1=C(C(C)Br)c2cc(Br)ccc2Sc2ccccc21. The van der Waals surface area contributed by atoms with Crippen molar-refractivity contribution in [3.05, 3.63) is 58.1 Å². The van der Waals surface area contributed by atoms with Gasteiger partial charge in [-0.1, -0.05) is 77.8 Å². The normalized spacial score (nSPS) is 16.6. The molecule has 0 radical (unpaired) electrons. The fourth-order valence-electron chi connectivity index (χ4n) is 2.85. The number of allylic oxidation sites excluding steroid dienone is 2. The van der Waals surface area contributed by atoms with E-state index in [1.807, 2.05) is 11.8 Å². The van der Waals surface area contributed by atoms with Crippen LogP contribution in [0.3, 0.4) is 0 Å². The molecule has 0 aromatic heterocycles. The van der Waals surface area contributed by atoms with Crippen molar-refractivity contribution in [1.29, 1.82) is 0 Å². The summed E-state index contributed by atoms with van der Waals surface area (Å²) >= 11 is 13.1. The minimum atomic E-state index is 0.280. The molecule has 22 heavy (non-hydrogen) atoms. The van der Waals surface area contributed by atoms with E-state index in [0.717, 1.165) is 4.47 Å². The molecule has 0 bridgehead atoms. The highest BCUT2D eigenvalue weighted by molar-refractivity contribution is 9.10. The fourth-order valence-corrected chi connectivity index (χ4v) is 5.28. The minimum absolute atomic E-state index is 0.280. The first-order valence-electron chi connectivity index (χ1n) is 7.08. The number of rotatable bonds is 2. The first-order chi connectivity index (χ1) is 10.5. The van der Waals surface area contributed by atoms with Crippen LogP contribution in [0.2, 0.25) is 0 Å². The topological polar surface area (TPSA) is 0 Å². The molecule has 3 rings (SSSR count). The maximum Gasteiger partial charge on any atom is 0.0376 e. The third-order valence-corrected chi connectivity index (χ3v) is 6.28. The van der Waals surface area contributed by atoms with E-state index in [1.165, 1.54) is 32.1 Å². The van der Waals surface area contributed by atoms with E-state index in [0.29, 0.717) is 0 Å². The standard InChI is InChI=1S/C18H15Br3S/c1-10(19)17-13-5-3-4-6-15(13)22-16-8-7-12(21)9-14(16)18(17)11(2)20/h3-11H,1-2H3. The van der Waals surface area contributed by atoms with E-state index < -0.39 is 0 Å². The van der Waals surface area contributed by atoms with E-state index >= 15 is 0 Å². The molecule has 2 unspecified atom stereocenters. The Morgan fingerprint density at radius 1 is 0.818 bits per heavy atom. The molecule has 0 nitrogen and oxygen atoms in total. The van der Waals surface area contributed by atoms with Crippen molar-refractivity contribution < 1.29 is 0 Å². The Balaban J connectivity index is 2.41. The lowest BCUT2D eigenvalue weighted by Gasteiger charge is -2.20. The lowest BCUT2D eigenvalue weighted by Crippen LogP contribution is -2.06. The number of hydrogen-bond acceptors (Lipinski definition) is 1. The Labute approximate surface area is 161 Å². The van der Waals surface area contributed by atoms with Crippen LogP contribution in [0, 0.1) is 0 Å². The third-order valence-electron chi connectivity index (χ3n) is 3.71. The smallest absolute Gasteiger partial charge is 0.0376 e. The molecule has 2 atom stereocenters. The summed E-state index contributed by atoms with van der Waals surface area (Å²) in [6.07, 6.45) is 0. The van der Waals surface area contributed by atoms with Gasteiger partial charge in [0.2, 0.25) is 0 Å². The molecular formula is C18H15Br3S. The maximum atomic E-state index is 3.82. The van der Waals surface area contributed by atoms with Crippen LogP contribution in [0.25, 0.3) is 11.1 Å². The number of fused-ring (bicyclic) bond motifs is 2. The molecule has 0 fully saturated rings. The van der Waals surface area contributed by atoms with Gasteiger partial charge in [-0.2, -0.15) is 0 Å². The molecule has 2 aromatic rings. The van der Waals surface area contributed by atoms with Crippen molar-refractivity contribution >= 4 is 70.7 Å². The van der Waals surface area contributed by atoms with E-state index in [1.54, 1.807) is 0 Å². The van der Waals surface area contributed by atoms with Gasteiger partial charge in [0, 0.05) is 23.9 Å². The van der Waals surface area contributed by atoms with E-state index in [4.69, 9.17) is 0 Å². The first kappa shape index (κ1) is 16.8. The van der Waals surface area contributed by atoms with Crippen LogP contribution in [0.15, 0.2) is 56.7 Å². The van der Waals surface area contributed by atoms with Gasteiger partial charge in [-0.3, -0.25) is 0 Å². The zero-order chi connectivity index (χ0) is 15.9. The molecule has 0 aliphatic carbocycles. The van der Waals surface area contributed by atoms with E-state index in [9.17, 15) is 0 Å². The highest BCUT2D eigenvalue weighted by Gasteiger charge is 2.26. The van der Waals surface area contributed by atoms with Crippen LogP contribution in [-0.4, -0.2) is 9.65 Å². The van der Waals surface area contributed by atoms with Gasteiger partial charge in [0.1, 0.15) is 0 Å². The van der Waals surface area contributed by atoms with Crippen molar-refractivity contribution in [2.24, 2.45) is 0 Å². The zero-order valence-corrected chi connectivity index (χ0v) is 17.8. The Morgan fingerprint density at radius 3 is 2.09 bits per heavy atom. The van der Waals surface area contributed by atoms with Gasteiger partial charge in [-0.05, 0) is 60.4 Å². The molecule has 114 valence electrons. The minimum Gasteiger partial charge on any atom is -0.0888 e. The lowest BCUT2D eigenvalue weighted by atomic mass is 9.91. The number of alkyl halides is 2. The molecule has 1 heterocycles. The Kier molecular flexibility index (Phi) is 5.23. The van der Waals surface area contributed by atoms with Gasteiger partial charge in [-0.25, -0.2) is 0 Å². The van der Waals surface area contributed by atoms with Crippen molar-refractivity contribution in [3.63, 3.8) is 0 Å². The summed E-state index contributed by atoms with van der Waals surface area (Å²) in [7, 11) is 0. The van der Waals surface area contributed by atoms with Crippen LogP contribution >= 0.6 is 59.6 Å². The predicted octanol–water partition coefficient (Wildman–Crippen LogP) is 7.39. The van der Waals surface area contributed by atoms with Crippen molar-refractivity contribution in [2.45, 2.75) is 33.3 Å². The molecule has 0 saturated heterocycles. The quantitative estimate of drug-likeness (QED) is 0.386. The molecular weight excluding hydrogens is 488 g/mol. The fraction of sp³-hybridized carbons (Fsp3) is 0.222. The maximum absolute atomic E-state index is 3.82. The van der Waals surface area contributed by atoms with Crippen LogP contribution in [0.4, 0.5) is 0 Å². The average molecular weight is 503 g/mol. The van der Waals surface area contributed by atoms with Gasteiger partial charge in [-0.15, -0.1) is 0 Å². The first-order valence-corrected chi connectivity index (χ1v) is 10.5. The summed E-state index contributed by atoms with van der Waals surface area (Å²) < 4.78 is 1.12. The van der Waals surface area contributed by atoms with E-state index in [2.05, 4.69) is 104 Å². The Hall–Kier alpha value is -0.0300. The molecule has 0 N–H and O–H groups in total. The largest absolute Gasteiger partial charge is 0.0888 e. The molecule has 1 aliphatic rings. The summed E-state index contributed by atoms with van der Waals surface area (Å²) in [6, 6.07) is 15.2. The van der Waals surface area contributed by atoms with Crippen LogP contribution in [0.5, 0.6) is 0 Å². The van der Waals surface area contributed by atoms with Crippen LogP contribution < -0.4 is 0 Å². The van der Waals surface area contributed by atoms with Crippen LogP contribution in [0.1, 0.15) is 25.0 Å². The van der Waals surface area contributed by atoms with Gasteiger partial charge < -0.3 is 0 Å². The van der Waals surface area contributed by atoms with Crippen molar-refractivity contribution in [3.8, 4) is 0 Å².